The second-order valence-electron chi connectivity index (χ2n) is 9.11. The van der Waals surface area contributed by atoms with Gasteiger partial charge in [0, 0.05) is 25.0 Å². The summed E-state index contributed by atoms with van der Waals surface area (Å²) in [6.07, 6.45) is 2.31. The molecule has 0 saturated heterocycles. The molecule has 0 radical (unpaired) electrons. The summed E-state index contributed by atoms with van der Waals surface area (Å²) in [5, 5.41) is 19.9. The maximum absolute atomic E-state index is 13.0. The fraction of sp³-hybridized carbons (Fsp3) is 0.375. The van der Waals surface area contributed by atoms with Crippen molar-refractivity contribution in [3.8, 4) is 11.9 Å². The van der Waals surface area contributed by atoms with Crippen molar-refractivity contribution in [1.29, 1.82) is 5.26 Å². The van der Waals surface area contributed by atoms with Gasteiger partial charge in [-0.2, -0.15) is 10.4 Å². The van der Waals surface area contributed by atoms with Gasteiger partial charge in [0.05, 0.1) is 17.8 Å². The van der Waals surface area contributed by atoms with Gasteiger partial charge in [-0.1, -0.05) is 12.1 Å². The largest absolute Gasteiger partial charge is 0.473 e. The highest BCUT2D eigenvalue weighted by Gasteiger charge is 2.55. The summed E-state index contributed by atoms with van der Waals surface area (Å²) in [7, 11) is -2.11. The van der Waals surface area contributed by atoms with E-state index in [4.69, 9.17) is 10.00 Å². The number of amides is 1. The summed E-state index contributed by atoms with van der Waals surface area (Å²) in [5.74, 6) is -0.549. The lowest BCUT2D eigenvalue weighted by molar-refractivity contribution is 0.0949. The van der Waals surface area contributed by atoms with Gasteiger partial charge in [0.1, 0.15) is 22.4 Å². The summed E-state index contributed by atoms with van der Waals surface area (Å²) < 4.78 is 34.0. The molecule has 1 amide bonds. The first kappa shape index (κ1) is 25.3. The van der Waals surface area contributed by atoms with E-state index in [0.717, 1.165) is 5.56 Å². The van der Waals surface area contributed by atoms with E-state index < -0.39 is 26.2 Å². The van der Waals surface area contributed by atoms with Gasteiger partial charge in [-0.15, -0.1) is 5.10 Å². The third kappa shape index (κ3) is 4.93. The molecule has 0 atom stereocenters. The first-order valence-electron chi connectivity index (χ1n) is 11.3. The van der Waals surface area contributed by atoms with Crippen molar-refractivity contribution in [2.45, 2.75) is 44.0 Å². The number of carbonyl (C=O) groups excluding carboxylic acids is 1. The molecule has 0 aliphatic heterocycles. The van der Waals surface area contributed by atoms with Crippen molar-refractivity contribution < 1.29 is 17.9 Å². The summed E-state index contributed by atoms with van der Waals surface area (Å²) in [5.41, 5.74) is 0.947. The van der Waals surface area contributed by atoms with E-state index in [9.17, 15) is 18.0 Å². The zero-order valence-electron chi connectivity index (χ0n) is 20.1. The molecule has 1 aromatic carbocycles. The Labute approximate surface area is 208 Å². The summed E-state index contributed by atoms with van der Waals surface area (Å²) in [6, 6.07) is 9.94. The average molecular weight is 511 g/mol. The predicted octanol–water partition coefficient (Wildman–Crippen LogP) is 1.37. The number of pyridine rings is 1. The van der Waals surface area contributed by atoms with Crippen molar-refractivity contribution in [2.75, 3.05) is 6.61 Å². The highest BCUT2D eigenvalue weighted by molar-refractivity contribution is 7.91. The van der Waals surface area contributed by atoms with Crippen LogP contribution in [0.15, 0.2) is 41.3 Å². The van der Waals surface area contributed by atoms with Crippen LogP contribution >= 0.6 is 0 Å². The molecule has 2 heterocycles. The van der Waals surface area contributed by atoms with Gasteiger partial charge in [-0.05, 0) is 50.5 Å². The topological polar surface area (TPSA) is 156 Å². The Balaban J connectivity index is 1.56. The summed E-state index contributed by atoms with van der Waals surface area (Å²) in [4.78, 5) is 25.8. The standard InChI is InChI=1S/C24H26N6O5S/c1-15(2)29-36(33,34)24(8-9-24)14-35-22-20-18(13-27-28-22)10-19(23(32)30(20)3)21(31)26-12-17-6-4-16(11-25)5-7-17/h4-7,10,13,15,29H,8-9,12,14H2,1-3H3,(H,26,31). The van der Waals surface area contributed by atoms with Crippen molar-refractivity contribution in [1.82, 2.24) is 24.8 Å². The molecule has 4 rings (SSSR count). The van der Waals surface area contributed by atoms with Crippen LogP contribution in [0.2, 0.25) is 0 Å². The van der Waals surface area contributed by atoms with E-state index in [1.54, 1.807) is 38.1 Å². The van der Waals surface area contributed by atoms with Crippen LogP contribution in [-0.2, 0) is 23.6 Å². The van der Waals surface area contributed by atoms with Crippen LogP contribution in [0.3, 0.4) is 0 Å². The Hall–Kier alpha value is -3.82. The number of sulfonamides is 1. The van der Waals surface area contributed by atoms with Crippen LogP contribution in [-0.4, -0.2) is 46.5 Å². The highest BCUT2D eigenvalue weighted by Crippen LogP contribution is 2.43. The minimum absolute atomic E-state index is 0.0164. The molecule has 0 unspecified atom stereocenters. The van der Waals surface area contributed by atoms with Crippen molar-refractivity contribution in [3.63, 3.8) is 0 Å². The number of hydrogen-bond donors (Lipinski definition) is 2. The van der Waals surface area contributed by atoms with Gasteiger partial charge >= 0.3 is 0 Å². The van der Waals surface area contributed by atoms with E-state index >= 15 is 0 Å². The van der Waals surface area contributed by atoms with Crippen LogP contribution < -0.4 is 20.3 Å². The van der Waals surface area contributed by atoms with Gasteiger partial charge in [0.15, 0.2) is 0 Å². The third-order valence-electron chi connectivity index (χ3n) is 6.01. The fourth-order valence-corrected chi connectivity index (χ4v) is 5.54. The first-order valence-corrected chi connectivity index (χ1v) is 12.8. The van der Waals surface area contributed by atoms with Gasteiger partial charge in [0.25, 0.3) is 17.3 Å². The molecule has 3 aromatic rings. The number of nitriles is 1. The van der Waals surface area contributed by atoms with Crippen molar-refractivity contribution in [2.24, 2.45) is 7.05 Å². The number of nitrogens with one attached hydrogen (secondary N) is 2. The number of benzene rings is 1. The second kappa shape index (κ2) is 9.67. The lowest BCUT2D eigenvalue weighted by atomic mass is 10.1. The number of carbonyl (C=O) groups is 1. The molecular weight excluding hydrogens is 484 g/mol. The first-order chi connectivity index (χ1) is 17.1. The molecule has 1 aliphatic carbocycles. The molecule has 0 spiro atoms. The number of aryl methyl sites for hydroxylation is 1. The SMILES string of the molecule is CC(C)NS(=O)(=O)C1(COc2nncc3cc(C(=O)NCc4ccc(C#N)cc4)c(=O)n(C)c23)CC1. The number of rotatable bonds is 9. The van der Waals surface area contributed by atoms with Crippen LogP contribution in [0.1, 0.15) is 48.2 Å². The molecule has 11 nitrogen and oxygen atoms in total. The smallest absolute Gasteiger partial charge is 0.263 e. The Morgan fingerprint density at radius 3 is 2.58 bits per heavy atom. The highest BCUT2D eigenvalue weighted by atomic mass is 32.2. The molecule has 1 saturated carbocycles. The van der Waals surface area contributed by atoms with Crippen LogP contribution in [0.5, 0.6) is 5.88 Å². The molecule has 1 aliphatic rings. The fourth-order valence-electron chi connectivity index (χ4n) is 3.82. The molecule has 188 valence electrons. The molecule has 12 heteroatoms. The van der Waals surface area contributed by atoms with Gasteiger partial charge < -0.3 is 14.6 Å². The molecule has 0 bridgehead atoms. The van der Waals surface area contributed by atoms with Gasteiger partial charge in [0.2, 0.25) is 10.0 Å². The molecule has 36 heavy (non-hydrogen) atoms. The average Bonchev–Trinajstić information content (AvgIpc) is 3.65. The monoisotopic (exact) mass is 510 g/mol. The number of fused-ring (bicyclic) bond motifs is 1. The lowest BCUT2D eigenvalue weighted by Gasteiger charge is -2.19. The molecule has 1 fully saturated rings. The van der Waals surface area contributed by atoms with Gasteiger partial charge in [-0.25, -0.2) is 13.1 Å². The maximum Gasteiger partial charge on any atom is 0.263 e. The van der Waals surface area contributed by atoms with E-state index in [2.05, 4.69) is 20.2 Å². The van der Waals surface area contributed by atoms with Crippen LogP contribution in [0.4, 0.5) is 0 Å². The molecule has 2 aromatic heterocycles. The van der Waals surface area contributed by atoms with E-state index in [1.165, 1.54) is 23.9 Å². The number of aromatic nitrogens is 3. The zero-order valence-corrected chi connectivity index (χ0v) is 20.9. The van der Waals surface area contributed by atoms with Crippen molar-refractivity contribution in [3.05, 3.63) is 63.6 Å². The Bertz CT molecular complexity index is 1520. The number of ether oxygens (including phenoxy) is 1. The number of nitrogens with zero attached hydrogens (tertiary/aromatic N) is 4. The minimum Gasteiger partial charge on any atom is -0.473 e. The lowest BCUT2D eigenvalue weighted by Crippen LogP contribution is -2.43. The minimum atomic E-state index is -3.60. The quantitative estimate of drug-likeness (QED) is 0.437. The maximum atomic E-state index is 13.0. The number of hydrogen-bond acceptors (Lipinski definition) is 8. The zero-order chi connectivity index (χ0) is 26.1. The predicted molar refractivity (Wildman–Crippen MR) is 132 cm³/mol. The van der Waals surface area contributed by atoms with Crippen LogP contribution in [0.25, 0.3) is 10.9 Å². The second-order valence-corrected chi connectivity index (χ2v) is 11.2. The molecular formula is C24H26N6O5S. The Kier molecular flexibility index (Phi) is 6.79. The molecule has 2 N–H and O–H groups in total. The van der Waals surface area contributed by atoms with Crippen molar-refractivity contribution >= 4 is 26.8 Å². The van der Waals surface area contributed by atoms with E-state index in [-0.39, 0.29) is 30.6 Å². The van der Waals surface area contributed by atoms with E-state index in [0.29, 0.717) is 29.3 Å². The Morgan fingerprint density at radius 2 is 1.97 bits per heavy atom. The van der Waals surface area contributed by atoms with E-state index in [1.807, 2.05) is 6.07 Å². The van der Waals surface area contributed by atoms with Gasteiger partial charge in [-0.3, -0.25) is 9.59 Å². The normalized spacial score (nSPS) is 14.4. The summed E-state index contributed by atoms with van der Waals surface area (Å²) >= 11 is 0. The third-order valence-corrected chi connectivity index (χ3v) is 8.46. The Morgan fingerprint density at radius 1 is 1.28 bits per heavy atom. The van der Waals surface area contributed by atoms with Crippen LogP contribution in [0, 0.1) is 11.3 Å². The summed E-state index contributed by atoms with van der Waals surface area (Å²) in [6.45, 7) is 3.54.